The molecule has 1 aliphatic rings. The molecule has 1 aliphatic heterocycles. The Morgan fingerprint density at radius 3 is 1.90 bits per heavy atom. The van der Waals surface area contributed by atoms with E-state index >= 15 is 0 Å². The summed E-state index contributed by atoms with van der Waals surface area (Å²) in [7, 11) is 4.52. The zero-order valence-electron chi connectivity index (χ0n) is 27.4. The minimum atomic E-state index is -1.57. The summed E-state index contributed by atoms with van der Waals surface area (Å²) in [6.07, 6.45) is 0.751. The van der Waals surface area contributed by atoms with E-state index in [1.54, 1.807) is 53.1 Å². The van der Waals surface area contributed by atoms with E-state index in [1.807, 2.05) is 22.6 Å². The van der Waals surface area contributed by atoms with Crippen LogP contribution in [0.25, 0.3) is 21.6 Å². The van der Waals surface area contributed by atoms with Crippen molar-refractivity contribution < 1.29 is 38.1 Å². The lowest BCUT2D eigenvalue weighted by molar-refractivity contribution is -0.0844. The van der Waals surface area contributed by atoms with Crippen molar-refractivity contribution in [3.05, 3.63) is 113 Å². The standard InChI is InChI=1S/C34H29IN8O8/c1-47-23-10-4-20(5-11-23)31(44)43(32(45)21-6-12-24(48-2)13-7-21)30-28-29(37-18-38-30)42(19-39-28)27-16-26(34(17-35,51-27)40-41-36)50-33(46)22-8-14-25(49-3)15-9-22/h4-15,18-19,26-27H,16-17H2,1-3H3/t26-,27+,34+/m0/s1. The normalized spacial score (nSPS) is 18.0. The summed E-state index contributed by atoms with van der Waals surface area (Å²) >= 11 is 2.00. The van der Waals surface area contributed by atoms with Crippen LogP contribution in [0, 0.1) is 0 Å². The zero-order valence-corrected chi connectivity index (χ0v) is 29.5. The smallest absolute Gasteiger partial charge is 0.338 e. The van der Waals surface area contributed by atoms with Crippen molar-refractivity contribution in [2.45, 2.75) is 24.5 Å². The van der Waals surface area contributed by atoms with Crippen LogP contribution >= 0.6 is 22.6 Å². The highest BCUT2D eigenvalue weighted by Gasteiger charge is 2.51. The number of ether oxygens (including phenoxy) is 5. The maximum absolute atomic E-state index is 14.1. The first-order valence-corrected chi connectivity index (χ1v) is 16.8. The van der Waals surface area contributed by atoms with E-state index in [9.17, 15) is 19.9 Å². The molecule has 51 heavy (non-hydrogen) atoms. The number of benzene rings is 3. The number of hydrogen-bond donors (Lipinski definition) is 0. The van der Waals surface area contributed by atoms with Gasteiger partial charge < -0.3 is 23.7 Å². The van der Waals surface area contributed by atoms with Gasteiger partial charge in [0.15, 0.2) is 22.7 Å². The van der Waals surface area contributed by atoms with Gasteiger partial charge in [0.25, 0.3) is 11.8 Å². The van der Waals surface area contributed by atoms with Crippen LogP contribution in [0.4, 0.5) is 5.82 Å². The molecule has 2 aromatic heterocycles. The highest BCUT2D eigenvalue weighted by molar-refractivity contribution is 14.1. The summed E-state index contributed by atoms with van der Waals surface area (Å²) < 4.78 is 29.5. The fourth-order valence-electron chi connectivity index (χ4n) is 5.49. The van der Waals surface area contributed by atoms with Gasteiger partial charge in [-0.15, -0.1) is 0 Å². The van der Waals surface area contributed by atoms with Crippen LogP contribution in [-0.4, -0.2) is 74.9 Å². The molecule has 3 atom stereocenters. The summed E-state index contributed by atoms with van der Waals surface area (Å²) in [6, 6.07) is 18.9. The molecule has 16 nitrogen and oxygen atoms in total. The number of aromatic nitrogens is 4. The number of methoxy groups -OCH3 is 3. The highest BCUT2D eigenvalue weighted by Crippen LogP contribution is 2.43. The number of esters is 1. The second-order valence-electron chi connectivity index (χ2n) is 11.0. The van der Waals surface area contributed by atoms with Gasteiger partial charge >= 0.3 is 5.97 Å². The highest BCUT2D eigenvalue weighted by atomic mass is 127. The van der Waals surface area contributed by atoms with Gasteiger partial charge in [-0.05, 0) is 78.3 Å². The van der Waals surface area contributed by atoms with Crippen molar-refractivity contribution in [3.8, 4) is 17.2 Å². The molecule has 6 rings (SSSR count). The molecule has 3 aromatic carbocycles. The molecule has 0 spiro atoms. The Morgan fingerprint density at radius 1 is 0.882 bits per heavy atom. The van der Waals surface area contributed by atoms with Gasteiger partial charge in [0.2, 0.25) is 0 Å². The first-order valence-electron chi connectivity index (χ1n) is 15.2. The van der Waals surface area contributed by atoms with E-state index in [0.717, 1.165) is 4.90 Å². The van der Waals surface area contributed by atoms with Crippen molar-refractivity contribution in [2.24, 2.45) is 5.11 Å². The number of carbonyl (C=O) groups excluding carboxylic acids is 3. The maximum atomic E-state index is 14.1. The number of alkyl halides is 1. The molecule has 1 saturated heterocycles. The van der Waals surface area contributed by atoms with Crippen molar-refractivity contribution in [3.63, 3.8) is 0 Å². The summed E-state index contributed by atoms with van der Waals surface area (Å²) in [4.78, 5) is 58.6. The summed E-state index contributed by atoms with van der Waals surface area (Å²) in [5, 5.41) is 3.93. The fraction of sp³-hybridized carbons (Fsp3) is 0.235. The van der Waals surface area contributed by atoms with Crippen molar-refractivity contribution in [1.82, 2.24) is 19.5 Å². The van der Waals surface area contributed by atoms with Crippen LogP contribution in [0.15, 0.2) is 90.6 Å². The Bertz CT molecular complexity index is 2060. The van der Waals surface area contributed by atoms with Gasteiger partial charge in [-0.3, -0.25) is 14.2 Å². The van der Waals surface area contributed by atoms with E-state index in [4.69, 9.17) is 23.7 Å². The molecule has 1 fully saturated rings. The van der Waals surface area contributed by atoms with Crippen LogP contribution < -0.4 is 19.1 Å². The number of rotatable bonds is 11. The number of nitrogens with zero attached hydrogens (tertiary/aromatic N) is 8. The minimum Gasteiger partial charge on any atom is -0.497 e. The number of imide groups is 1. The largest absolute Gasteiger partial charge is 0.497 e. The van der Waals surface area contributed by atoms with E-state index in [2.05, 4.69) is 25.0 Å². The summed E-state index contributed by atoms with van der Waals surface area (Å²) in [5.74, 6) is -0.484. The number of hydrogen-bond acceptors (Lipinski definition) is 12. The van der Waals surface area contributed by atoms with E-state index in [0.29, 0.717) is 17.2 Å². The van der Waals surface area contributed by atoms with Crippen molar-refractivity contribution in [2.75, 3.05) is 30.7 Å². The predicted octanol–water partition coefficient (Wildman–Crippen LogP) is 5.93. The maximum Gasteiger partial charge on any atom is 0.338 e. The van der Waals surface area contributed by atoms with Crippen molar-refractivity contribution in [1.29, 1.82) is 0 Å². The molecule has 260 valence electrons. The molecule has 0 N–H and O–H groups in total. The Hall–Kier alpha value is -5.78. The van der Waals surface area contributed by atoms with Crippen molar-refractivity contribution >= 4 is 57.4 Å². The van der Waals surface area contributed by atoms with Crippen LogP contribution in [0.5, 0.6) is 17.2 Å². The fourth-order valence-corrected chi connectivity index (χ4v) is 6.32. The molecule has 0 radical (unpaired) electrons. The Balaban J connectivity index is 1.38. The monoisotopic (exact) mass is 804 g/mol. The first-order chi connectivity index (χ1) is 24.7. The third-order valence-electron chi connectivity index (χ3n) is 8.18. The molecule has 0 bridgehead atoms. The number of halogens is 1. The predicted molar refractivity (Wildman–Crippen MR) is 190 cm³/mol. The molecule has 3 heterocycles. The summed E-state index contributed by atoms with van der Waals surface area (Å²) in [6.45, 7) is 0. The second-order valence-corrected chi connectivity index (χ2v) is 11.8. The molecule has 5 aromatic rings. The molecule has 17 heteroatoms. The second kappa shape index (κ2) is 15.0. The zero-order chi connectivity index (χ0) is 36.1. The molecule has 0 aliphatic carbocycles. The van der Waals surface area contributed by atoms with Gasteiger partial charge in [0, 0.05) is 26.9 Å². The van der Waals surface area contributed by atoms with Crippen LogP contribution in [0.2, 0.25) is 0 Å². The van der Waals surface area contributed by atoms with Crippen LogP contribution in [0.3, 0.4) is 0 Å². The molecule has 2 amide bonds. The number of carbonyl (C=O) groups is 3. The van der Waals surface area contributed by atoms with Gasteiger partial charge in [-0.25, -0.2) is 24.6 Å². The number of azide groups is 1. The van der Waals surface area contributed by atoms with Gasteiger partial charge in [-0.2, -0.15) is 0 Å². The quantitative estimate of drug-likeness (QED) is 0.0293. The number of fused-ring (bicyclic) bond motifs is 1. The lowest BCUT2D eigenvalue weighted by atomic mass is 10.1. The van der Waals surface area contributed by atoms with E-state index < -0.39 is 35.8 Å². The lowest BCUT2D eigenvalue weighted by Gasteiger charge is -2.27. The van der Waals surface area contributed by atoms with Gasteiger partial charge in [0.1, 0.15) is 35.9 Å². The Kier molecular flexibility index (Phi) is 10.3. The average molecular weight is 805 g/mol. The van der Waals surface area contributed by atoms with Gasteiger partial charge in [0.05, 0.1) is 33.2 Å². The summed E-state index contributed by atoms with van der Waals surface area (Å²) in [5.41, 5.74) is 8.85. The minimum absolute atomic E-state index is 0.0496. The molecular formula is C34H29IN8O8. The molecular weight excluding hydrogens is 775 g/mol. The SMILES string of the molecule is COc1ccc(C(=O)O[C@H]2C[C@H](n3cnc4c(N(C(=O)c5ccc(OC)cc5)C(=O)c5ccc(OC)cc5)ncnc43)O[C@@]2(CI)N=[N+]=[N-])cc1. The molecule has 0 unspecified atom stereocenters. The molecule has 0 saturated carbocycles. The van der Waals surface area contributed by atoms with E-state index in [-0.39, 0.29) is 44.5 Å². The number of anilines is 1. The third kappa shape index (κ3) is 6.86. The lowest BCUT2D eigenvalue weighted by Crippen LogP contribution is -2.41. The first kappa shape index (κ1) is 35.1. The topological polar surface area (TPSA) is 193 Å². The van der Waals surface area contributed by atoms with Crippen LogP contribution in [-0.2, 0) is 9.47 Å². The third-order valence-corrected chi connectivity index (χ3v) is 9.27. The Labute approximate surface area is 304 Å². The van der Waals surface area contributed by atoms with Crippen LogP contribution in [0.1, 0.15) is 43.7 Å². The van der Waals surface area contributed by atoms with Gasteiger partial charge in [-0.1, -0.05) is 27.7 Å². The van der Waals surface area contributed by atoms with E-state index in [1.165, 1.54) is 58.2 Å². The average Bonchev–Trinajstić information content (AvgIpc) is 3.77. The Morgan fingerprint density at radius 2 is 1.41 bits per heavy atom. The number of imidazole rings is 1. The number of amides is 2.